The first-order valence-electron chi connectivity index (χ1n) is 8.84. The van der Waals surface area contributed by atoms with Crippen molar-refractivity contribution in [3.63, 3.8) is 0 Å². The Labute approximate surface area is 137 Å². The van der Waals surface area contributed by atoms with E-state index in [2.05, 4.69) is 27.7 Å². The fraction of sp³-hybridized carbons (Fsp3) is 1.00. The third kappa shape index (κ3) is 10.1. The molecule has 0 heterocycles. The van der Waals surface area contributed by atoms with Gasteiger partial charge in [-0.2, -0.15) is 0 Å². The molecule has 0 spiro atoms. The summed E-state index contributed by atoms with van der Waals surface area (Å²) < 4.78 is 29.3. The van der Waals surface area contributed by atoms with Crippen LogP contribution in [0.1, 0.15) is 79.1 Å². The van der Waals surface area contributed by atoms with Gasteiger partial charge in [-0.25, -0.2) is 0 Å². The van der Waals surface area contributed by atoms with Crippen molar-refractivity contribution in [1.82, 2.24) is 0 Å². The molecule has 0 radical (unpaired) electrons. The van der Waals surface area contributed by atoms with Crippen molar-refractivity contribution in [3.8, 4) is 0 Å². The third-order valence-electron chi connectivity index (χ3n) is 4.38. The highest BCUT2D eigenvalue weighted by Gasteiger charge is 2.38. The van der Waals surface area contributed by atoms with Gasteiger partial charge in [0, 0.05) is 16.9 Å². The molecule has 0 rings (SSSR count). The highest BCUT2D eigenvalue weighted by Crippen LogP contribution is 2.57. The smallest absolute Gasteiger partial charge is 0.288 e. The summed E-state index contributed by atoms with van der Waals surface area (Å²) in [7, 11) is -5.83. The predicted molar refractivity (Wildman–Crippen MR) is 94.9 cm³/mol. The number of rotatable bonds is 14. The number of unbranched alkanes of at least 4 members (excludes halogenated alkanes) is 2. The summed E-state index contributed by atoms with van der Waals surface area (Å²) >= 11 is 0. The van der Waals surface area contributed by atoms with Gasteiger partial charge in [0.2, 0.25) is 0 Å². The van der Waals surface area contributed by atoms with E-state index in [0.717, 1.165) is 51.4 Å². The van der Waals surface area contributed by atoms with Crippen molar-refractivity contribution in [2.75, 3.05) is 12.3 Å². The van der Waals surface area contributed by atoms with E-state index < -0.39 is 15.6 Å². The average Bonchev–Trinajstić information content (AvgIpc) is 2.47. The minimum Gasteiger partial charge on any atom is -0.288 e. The van der Waals surface area contributed by atoms with E-state index in [9.17, 15) is 9.13 Å². The molecular weight excluding hydrogens is 318 g/mol. The Morgan fingerprint density at radius 1 is 0.955 bits per heavy atom. The van der Waals surface area contributed by atoms with Gasteiger partial charge in [-0.15, -0.1) is 4.89 Å². The molecule has 0 bridgehead atoms. The molecule has 0 saturated carbocycles. The summed E-state index contributed by atoms with van der Waals surface area (Å²) in [5, 5.41) is 0. The molecule has 0 aliphatic carbocycles. The zero-order valence-corrected chi connectivity index (χ0v) is 16.6. The predicted octanol–water partition coefficient (Wildman–Crippen LogP) is 6.36. The second-order valence-electron chi connectivity index (χ2n) is 6.33. The van der Waals surface area contributed by atoms with Gasteiger partial charge in [-0.3, -0.25) is 4.57 Å². The fourth-order valence-corrected chi connectivity index (χ4v) is 7.05. The lowest BCUT2D eigenvalue weighted by molar-refractivity contribution is 0.382. The van der Waals surface area contributed by atoms with E-state index in [1.54, 1.807) is 0 Å². The average molecular weight is 353 g/mol. The molecule has 6 heteroatoms. The van der Waals surface area contributed by atoms with Crippen LogP contribution in [0.25, 0.3) is 0 Å². The van der Waals surface area contributed by atoms with Crippen molar-refractivity contribution in [2.45, 2.75) is 79.1 Å². The summed E-state index contributed by atoms with van der Waals surface area (Å²) in [6.07, 6.45) is 9.29. The Morgan fingerprint density at radius 2 is 1.36 bits per heavy atom. The summed E-state index contributed by atoms with van der Waals surface area (Å²) in [5.41, 5.74) is 0. The molecule has 22 heavy (non-hydrogen) atoms. The minimum atomic E-state index is -3.03. The van der Waals surface area contributed by atoms with Gasteiger partial charge in [0.15, 0.2) is 0 Å². The molecule has 0 fully saturated rings. The SMILES string of the molecule is CCCCC(CC)CP(=O)(CC(CC)CCCC)O[P+](=O)O. The molecule has 4 nitrogen and oxygen atoms in total. The lowest BCUT2D eigenvalue weighted by atomic mass is 10.0. The number of hydrogen-bond acceptors (Lipinski definition) is 3. The van der Waals surface area contributed by atoms with E-state index in [1.807, 2.05) is 0 Å². The molecule has 0 aromatic heterocycles. The molecule has 0 saturated heterocycles. The van der Waals surface area contributed by atoms with E-state index in [0.29, 0.717) is 24.2 Å². The summed E-state index contributed by atoms with van der Waals surface area (Å²) in [5.74, 6) is 0.647. The van der Waals surface area contributed by atoms with Gasteiger partial charge in [0.1, 0.15) is 0 Å². The first-order valence-corrected chi connectivity index (χ1v) is 12.0. The van der Waals surface area contributed by atoms with Crippen molar-refractivity contribution in [2.24, 2.45) is 11.8 Å². The number of hydrogen-bond donors (Lipinski definition) is 1. The van der Waals surface area contributed by atoms with Gasteiger partial charge < -0.3 is 0 Å². The lowest BCUT2D eigenvalue weighted by Gasteiger charge is -2.22. The van der Waals surface area contributed by atoms with Crippen LogP contribution in [0, 0.1) is 11.8 Å². The maximum absolute atomic E-state index is 13.1. The van der Waals surface area contributed by atoms with Gasteiger partial charge in [0.25, 0.3) is 7.37 Å². The summed E-state index contributed by atoms with van der Waals surface area (Å²) in [6, 6.07) is 0. The van der Waals surface area contributed by atoms with Crippen LogP contribution in [0.5, 0.6) is 0 Å². The molecule has 0 aliphatic rings. The van der Waals surface area contributed by atoms with E-state index >= 15 is 0 Å². The first-order chi connectivity index (χ1) is 10.4. The zero-order chi connectivity index (χ0) is 17.0. The van der Waals surface area contributed by atoms with Crippen molar-refractivity contribution in [1.29, 1.82) is 0 Å². The van der Waals surface area contributed by atoms with Crippen LogP contribution in [0.4, 0.5) is 0 Å². The van der Waals surface area contributed by atoms with Gasteiger partial charge in [-0.1, -0.05) is 70.5 Å². The lowest BCUT2D eigenvalue weighted by Crippen LogP contribution is -2.13. The second-order valence-corrected chi connectivity index (χ2v) is 9.82. The maximum atomic E-state index is 13.1. The Balaban J connectivity index is 4.87. The first kappa shape index (κ1) is 22.2. The van der Waals surface area contributed by atoms with Crippen LogP contribution in [-0.2, 0) is 13.4 Å². The van der Waals surface area contributed by atoms with E-state index in [-0.39, 0.29) is 0 Å². The Bertz CT molecular complexity index is 325. The normalized spacial score (nSPS) is 17.8. The molecule has 3 atom stereocenters. The molecule has 0 aliphatic heterocycles. The monoisotopic (exact) mass is 353 g/mol. The largest absolute Gasteiger partial charge is 0.701 e. The molecular formula is C16H35O4P2+. The van der Waals surface area contributed by atoms with Crippen LogP contribution in [-0.4, -0.2) is 17.2 Å². The van der Waals surface area contributed by atoms with Crippen LogP contribution in [0.3, 0.4) is 0 Å². The standard InChI is InChI=1S/C16H34O4P2/c1-5-9-11-15(7-3)13-22(19,20-21(17)18)14-16(8-4)12-10-6-2/h15-16H,5-14H2,1-4H3/p+1. The summed E-state index contributed by atoms with van der Waals surface area (Å²) in [4.78, 5) is 9.13. The fourth-order valence-electron chi connectivity index (χ4n) is 2.89. The van der Waals surface area contributed by atoms with Crippen molar-refractivity contribution < 1.29 is 18.3 Å². The highest BCUT2D eigenvalue weighted by molar-refractivity contribution is 7.64. The van der Waals surface area contributed by atoms with Gasteiger partial charge in [-0.05, 0) is 24.7 Å². The highest BCUT2D eigenvalue weighted by atomic mass is 31.2. The van der Waals surface area contributed by atoms with E-state index in [4.69, 9.17) is 9.20 Å². The zero-order valence-electron chi connectivity index (χ0n) is 14.8. The van der Waals surface area contributed by atoms with Crippen LogP contribution < -0.4 is 0 Å². The van der Waals surface area contributed by atoms with Crippen LogP contribution in [0.2, 0.25) is 0 Å². The molecule has 0 amide bonds. The van der Waals surface area contributed by atoms with Gasteiger partial charge in [0.05, 0.1) is 0 Å². The Kier molecular flexibility index (Phi) is 12.8. The van der Waals surface area contributed by atoms with Crippen LogP contribution >= 0.6 is 15.6 Å². The second kappa shape index (κ2) is 12.6. The topological polar surface area (TPSA) is 63.6 Å². The van der Waals surface area contributed by atoms with Crippen LogP contribution in [0.15, 0.2) is 0 Å². The summed E-state index contributed by atoms with van der Waals surface area (Å²) in [6.45, 7) is 8.48. The molecule has 0 aromatic rings. The quantitative estimate of drug-likeness (QED) is 0.369. The van der Waals surface area contributed by atoms with Gasteiger partial charge >= 0.3 is 8.25 Å². The molecule has 3 unspecified atom stereocenters. The van der Waals surface area contributed by atoms with E-state index in [1.165, 1.54) is 0 Å². The Morgan fingerprint density at radius 3 is 1.64 bits per heavy atom. The molecule has 1 N–H and O–H groups in total. The van der Waals surface area contributed by atoms with Crippen molar-refractivity contribution >= 4 is 15.6 Å². The maximum Gasteiger partial charge on any atom is 0.701 e. The minimum absolute atomic E-state index is 0.324. The third-order valence-corrected chi connectivity index (χ3v) is 8.27. The molecule has 0 aromatic carbocycles. The Hall–Kier alpha value is 0.250. The molecule has 132 valence electrons. The van der Waals surface area contributed by atoms with Crippen molar-refractivity contribution in [3.05, 3.63) is 0 Å².